The van der Waals surface area contributed by atoms with Gasteiger partial charge in [-0.3, -0.25) is 0 Å². The molecule has 3 unspecified atom stereocenters. The van der Waals surface area contributed by atoms with Gasteiger partial charge in [0.2, 0.25) is 0 Å². The number of hydrogen-bond acceptors (Lipinski definition) is 2. The van der Waals surface area contributed by atoms with Crippen molar-refractivity contribution in [3.05, 3.63) is 77.9 Å². The van der Waals surface area contributed by atoms with Gasteiger partial charge in [0.15, 0.2) is 0 Å². The maximum absolute atomic E-state index is 12.2. The minimum Gasteiger partial charge on any atom is -0.462 e. The molecule has 0 aromatic heterocycles. The van der Waals surface area contributed by atoms with E-state index in [0.717, 1.165) is 17.4 Å². The van der Waals surface area contributed by atoms with Crippen molar-refractivity contribution < 1.29 is 9.53 Å². The molecule has 2 heteroatoms. The second kappa shape index (κ2) is 10.8. The van der Waals surface area contributed by atoms with E-state index in [2.05, 4.69) is 67.6 Å². The Labute approximate surface area is 205 Å². The van der Waals surface area contributed by atoms with Gasteiger partial charge in [-0.2, -0.15) is 0 Å². The summed E-state index contributed by atoms with van der Waals surface area (Å²) in [5.74, 6) is 3.28. The van der Waals surface area contributed by atoms with Crippen molar-refractivity contribution in [2.45, 2.75) is 64.2 Å². The van der Waals surface area contributed by atoms with E-state index in [-0.39, 0.29) is 5.97 Å². The molecular weight excluding hydrogens is 416 g/mol. The summed E-state index contributed by atoms with van der Waals surface area (Å²) in [5, 5.41) is 0. The molecule has 2 aromatic carbocycles. The van der Waals surface area contributed by atoms with E-state index in [0.29, 0.717) is 24.4 Å². The third-order valence-electron chi connectivity index (χ3n) is 8.44. The Bertz CT molecular complexity index is 1010. The third kappa shape index (κ3) is 5.54. The van der Waals surface area contributed by atoms with Gasteiger partial charge >= 0.3 is 5.97 Å². The van der Waals surface area contributed by atoms with Crippen LogP contribution >= 0.6 is 0 Å². The number of fused-ring (bicyclic) bond motifs is 2. The fraction of sp³-hybridized carbons (Fsp3) is 0.469. The fourth-order valence-electron chi connectivity index (χ4n) is 6.41. The molecule has 0 aliphatic heterocycles. The number of rotatable bonds is 8. The highest BCUT2D eigenvalue weighted by atomic mass is 16.5. The standard InChI is InChI=1S/C32H38O2/c1-2-3-23-4-10-26(11-5-23)28-15-17-29(18-16-28)27-12-6-24(7-13-27)9-19-32(33)34-22-31-21-25-8-14-30(31)20-25/h6-9,12-19,23,25-26,30-31H,2-5,10-11,20-22H2,1H3. The zero-order valence-corrected chi connectivity index (χ0v) is 20.5. The van der Waals surface area contributed by atoms with Gasteiger partial charge in [0.05, 0.1) is 6.61 Å². The summed E-state index contributed by atoms with van der Waals surface area (Å²) in [6.45, 7) is 2.85. The molecule has 2 bridgehead atoms. The van der Waals surface area contributed by atoms with Crippen LogP contribution in [-0.4, -0.2) is 12.6 Å². The zero-order chi connectivity index (χ0) is 23.3. The largest absolute Gasteiger partial charge is 0.462 e. The molecule has 2 saturated carbocycles. The average Bonchev–Trinajstić information content (AvgIpc) is 3.51. The fourth-order valence-corrected chi connectivity index (χ4v) is 6.41. The molecule has 178 valence electrons. The quantitative estimate of drug-likeness (QED) is 0.228. The number of esters is 1. The van der Waals surface area contributed by atoms with Gasteiger partial charge in [-0.25, -0.2) is 4.79 Å². The summed E-state index contributed by atoms with van der Waals surface area (Å²) in [6.07, 6.45) is 18.6. The lowest BCUT2D eigenvalue weighted by atomic mass is 9.77. The van der Waals surface area contributed by atoms with Crippen LogP contribution in [0, 0.1) is 23.7 Å². The predicted octanol–water partition coefficient (Wildman–Crippen LogP) is 8.20. The maximum atomic E-state index is 12.2. The van der Waals surface area contributed by atoms with Gasteiger partial charge in [-0.15, -0.1) is 0 Å². The van der Waals surface area contributed by atoms with Crippen molar-refractivity contribution >= 4 is 12.0 Å². The maximum Gasteiger partial charge on any atom is 0.330 e. The van der Waals surface area contributed by atoms with Crippen molar-refractivity contribution in [2.75, 3.05) is 6.61 Å². The van der Waals surface area contributed by atoms with E-state index < -0.39 is 0 Å². The second-order valence-electron chi connectivity index (χ2n) is 10.8. The van der Waals surface area contributed by atoms with Crippen LogP contribution in [0.5, 0.6) is 0 Å². The van der Waals surface area contributed by atoms with Crippen molar-refractivity contribution in [1.82, 2.24) is 0 Å². The van der Waals surface area contributed by atoms with Crippen LogP contribution in [-0.2, 0) is 9.53 Å². The number of benzene rings is 2. The lowest BCUT2D eigenvalue weighted by Crippen LogP contribution is -2.16. The Morgan fingerprint density at radius 1 is 0.912 bits per heavy atom. The van der Waals surface area contributed by atoms with E-state index in [1.54, 1.807) is 6.08 Å². The first-order valence-corrected chi connectivity index (χ1v) is 13.4. The summed E-state index contributed by atoms with van der Waals surface area (Å²) in [4.78, 5) is 12.2. The molecule has 0 spiro atoms. The van der Waals surface area contributed by atoms with Crippen molar-refractivity contribution in [2.24, 2.45) is 23.7 Å². The minimum atomic E-state index is -0.241. The first-order chi connectivity index (χ1) is 16.7. The number of hydrogen-bond donors (Lipinski definition) is 0. The van der Waals surface area contributed by atoms with Crippen LogP contribution in [0.15, 0.2) is 66.8 Å². The van der Waals surface area contributed by atoms with Crippen molar-refractivity contribution in [1.29, 1.82) is 0 Å². The van der Waals surface area contributed by atoms with E-state index in [9.17, 15) is 4.79 Å². The van der Waals surface area contributed by atoms with E-state index >= 15 is 0 Å². The van der Waals surface area contributed by atoms with Gasteiger partial charge < -0.3 is 4.74 Å². The summed E-state index contributed by atoms with van der Waals surface area (Å²) in [5.41, 5.74) is 4.97. The van der Waals surface area contributed by atoms with Crippen LogP contribution in [0.4, 0.5) is 0 Å². The zero-order valence-electron chi connectivity index (χ0n) is 20.5. The molecule has 2 aromatic rings. The highest BCUT2D eigenvalue weighted by molar-refractivity contribution is 5.87. The molecule has 0 radical (unpaired) electrons. The van der Waals surface area contributed by atoms with Gasteiger partial charge in [0, 0.05) is 6.08 Å². The third-order valence-corrected chi connectivity index (χ3v) is 8.44. The number of allylic oxidation sites excluding steroid dienone is 2. The van der Waals surface area contributed by atoms with Crippen LogP contribution in [0.25, 0.3) is 17.2 Å². The summed E-state index contributed by atoms with van der Waals surface area (Å²) < 4.78 is 5.51. The molecule has 2 fully saturated rings. The van der Waals surface area contributed by atoms with Gasteiger partial charge in [0.25, 0.3) is 0 Å². The first kappa shape index (κ1) is 23.1. The molecule has 0 N–H and O–H groups in total. The molecule has 3 aliphatic rings. The summed E-state index contributed by atoms with van der Waals surface area (Å²) >= 11 is 0. The highest BCUT2D eigenvalue weighted by Gasteiger charge is 2.36. The predicted molar refractivity (Wildman–Crippen MR) is 140 cm³/mol. The number of ether oxygens (including phenoxy) is 1. The summed E-state index contributed by atoms with van der Waals surface area (Å²) in [6, 6.07) is 17.6. The van der Waals surface area contributed by atoms with Gasteiger partial charge in [-0.1, -0.05) is 80.4 Å². The lowest BCUT2D eigenvalue weighted by Gasteiger charge is -2.28. The molecule has 0 saturated heterocycles. The van der Waals surface area contributed by atoms with E-state index in [1.807, 2.05) is 6.08 Å². The minimum absolute atomic E-state index is 0.241. The van der Waals surface area contributed by atoms with E-state index in [1.165, 1.54) is 68.1 Å². The molecule has 2 nitrogen and oxygen atoms in total. The van der Waals surface area contributed by atoms with Gasteiger partial charge in [0.1, 0.15) is 0 Å². The molecule has 5 rings (SSSR count). The molecule has 0 amide bonds. The molecule has 34 heavy (non-hydrogen) atoms. The molecule has 3 aliphatic carbocycles. The molecular formula is C32H38O2. The molecule has 0 heterocycles. The SMILES string of the molecule is CCCC1CCC(c2ccc(-c3ccc(C=CC(=O)OCC4CC5C=CC4C5)cc3)cc2)CC1. The van der Waals surface area contributed by atoms with Crippen molar-refractivity contribution in [3.8, 4) is 11.1 Å². The smallest absolute Gasteiger partial charge is 0.330 e. The topological polar surface area (TPSA) is 26.3 Å². The second-order valence-corrected chi connectivity index (χ2v) is 10.8. The first-order valence-electron chi connectivity index (χ1n) is 13.4. The summed E-state index contributed by atoms with van der Waals surface area (Å²) in [7, 11) is 0. The lowest BCUT2D eigenvalue weighted by molar-refractivity contribution is -0.139. The van der Waals surface area contributed by atoms with E-state index in [4.69, 9.17) is 4.74 Å². The van der Waals surface area contributed by atoms with Crippen LogP contribution in [0.2, 0.25) is 0 Å². The monoisotopic (exact) mass is 454 g/mol. The average molecular weight is 455 g/mol. The Morgan fingerprint density at radius 3 is 2.24 bits per heavy atom. The Morgan fingerprint density at radius 2 is 1.62 bits per heavy atom. The van der Waals surface area contributed by atoms with Crippen LogP contribution in [0.1, 0.15) is 75.3 Å². The number of carbonyl (C=O) groups is 1. The Kier molecular flexibility index (Phi) is 7.33. The number of carbonyl (C=O) groups excluding carboxylic acids is 1. The van der Waals surface area contributed by atoms with Gasteiger partial charge in [-0.05, 0) is 96.4 Å². The molecule has 3 atom stereocenters. The Hall–Kier alpha value is -2.61. The highest BCUT2D eigenvalue weighted by Crippen LogP contribution is 2.43. The van der Waals surface area contributed by atoms with Crippen molar-refractivity contribution in [3.63, 3.8) is 0 Å². The normalized spacial score (nSPS) is 28.0. The Balaban J connectivity index is 1.11. The van der Waals surface area contributed by atoms with Crippen LogP contribution < -0.4 is 0 Å². The van der Waals surface area contributed by atoms with Crippen LogP contribution in [0.3, 0.4) is 0 Å².